The summed E-state index contributed by atoms with van der Waals surface area (Å²) >= 11 is 5.78. The van der Waals surface area contributed by atoms with Crippen molar-refractivity contribution in [3.63, 3.8) is 0 Å². The highest BCUT2D eigenvalue weighted by Gasteiger charge is 2.43. The van der Waals surface area contributed by atoms with Crippen LogP contribution in [0.25, 0.3) is 0 Å². The second-order valence-corrected chi connectivity index (χ2v) is 3.42. The van der Waals surface area contributed by atoms with E-state index in [1.807, 2.05) is 0 Å². The normalized spacial score (nSPS) is 38.5. The zero-order valence-corrected chi connectivity index (χ0v) is 6.91. The molecule has 62 valence electrons. The molecule has 2 heterocycles. The number of nitrogens with zero attached hydrogens (tertiary/aromatic N) is 1. The average Bonchev–Trinajstić information content (AvgIpc) is 2.06. The van der Waals surface area contributed by atoms with Crippen LogP contribution < -0.4 is 0 Å². The number of esters is 1. The zero-order chi connectivity index (χ0) is 8.72. The summed E-state index contributed by atoms with van der Waals surface area (Å²) in [6.45, 7) is 0. The molecule has 1 aliphatic carbocycles. The molecule has 0 aromatic heterocycles. The highest BCUT2D eigenvalue weighted by Crippen LogP contribution is 2.38. The average molecular weight is 184 g/mol. The summed E-state index contributed by atoms with van der Waals surface area (Å²) in [6, 6.07) is 2.08. The Bertz CT molecular complexity index is 305. The van der Waals surface area contributed by atoms with Gasteiger partial charge in [-0.25, -0.2) is 0 Å². The van der Waals surface area contributed by atoms with Crippen LogP contribution in [0, 0.1) is 23.2 Å². The van der Waals surface area contributed by atoms with E-state index in [1.54, 1.807) is 6.08 Å². The summed E-state index contributed by atoms with van der Waals surface area (Å²) in [5, 5.41) is 9.19. The molecule has 3 nitrogen and oxygen atoms in total. The minimum absolute atomic E-state index is 0.254. The van der Waals surface area contributed by atoms with Gasteiger partial charge in [0.25, 0.3) is 0 Å². The van der Waals surface area contributed by atoms with Gasteiger partial charge in [0, 0.05) is 0 Å². The molecule has 1 fully saturated rings. The third kappa shape index (κ3) is 0.919. The fraction of sp³-hybridized carbons (Fsp3) is 0.500. The standard InChI is InChI=1S/C8H6ClNO2/c9-6-2-4-1-5(3-10)7(6)12-8(4)11/h2,4-5,7H,1H2/t4-,5+,7+/m1/s1. The molecule has 0 spiro atoms. The van der Waals surface area contributed by atoms with E-state index in [1.165, 1.54) is 0 Å². The maximum Gasteiger partial charge on any atom is 0.313 e. The van der Waals surface area contributed by atoms with E-state index in [2.05, 4.69) is 6.07 Å². The molecule has 0 aromatic carbocycles. The Morgan fingerprint density at radius 1 is 1.75 bits per heavy atom. The monoisotopic (exact) mass is 183 g/mol. The summed E-state index contributed by atoms with van der Waals surface area (Å²) in [5.74, 6) is -0.812. The van der Waals surface area contributed by atoms with Crippen molar-refractivity contribution in [3.8, 4) is 6.07 Å². The van der Waals surface area contributed by atoms with Crippen LogP contribution in [0.15, 0.2) is 11.1 Å². The van der Waals surface area contributed by atoms with Gasteiger partial charge in [-0.15, -0.1) is 0 Å². The largest absolute Gasteiger partial charge is 0.455 e. The lowest BCUT2D eigenvalue weighted by molar-refractivity contribution is -0.159. The first kappa shape index (κ1) is 7.63. The van der Waals surface area contributed by atoms with Crippen molar-refractivity contribution < 1.29 is 9.53 Å². The number of carbonyl (C=O) groups is 1. The first-order valence-corrected chi connectivity index (χ1v) is 4.07. The van der Waals surface area contributed by atoms with Crippen molar-refractivity contribution in [2.75, 3.05) is 0 Å². The lowest BCUT2D eigenvalue weighted by atomic mass is 9.82. The molecule has 3 aliphatic rings. The Balaban J connectivity index is 2.35. The predicted octanol–water partition coefficient (Wildman–Crippen LogP) is 1.19. The fourth-order valence-electron chi connectivity index (χ4n) is 1.58. The molecule has 0 radical (unpaired) electrons. The number of nitriles is 1. The molecular formula is C8H6ClNO2. The molecule has 3 atom stereocenters. The van der Waals surface area contributed by atoms with Crippen LogP contribution in [0.2, 0.25) is 0 Å². The predicted molar refractivity (Wildman–Crippen MR) is 41.0 cm³/mol. The lowest BCUT2D eigenvalue weighted by Gasteiger charge is -2.35. The molecule has 0 unspecified atom stereocenters. The molecule has 4 heteroatoms. The van der Waals surface area contributed by atoms with Gasteiger partial charge in [-0.05, 0) is 6.42 Å². The summed E-state index contributed by atoms with van der Waals surface area (Å²) in [6.07, 6.45) is 1.73. The van der Waals surface area contributed by atoms with E-state index in [0.29, 0.717) is 11.5 Å². The van der Waals surface area contributed by atoms with Gasteiger partial charge >= 0.3 is 5.97 Å². The van der Waals surface area contributed by atoms with E-state index in [0.717, 1.165) is 0 Å². The fourth-order valence-corrected chi connectivity index (χ4v) is 1.93. The van der Waals surface area contributed by atoms with Gasteiger partial charge in [-0.3, -0.25) is 4.79 Å². The molecular weight excluding hydrogens is 178 g/mol. The van der Waals surface area contributed by atoms with E-state index in [-0.39, 0.29) is 17.8 Å². The van der Waals surface area contributed by atoms with Gasteiger partial charge in [-0.1, -0.05) is 17.7 Å². The SMILES string of the molecule is N#C[C@@H]1C[C@@H]2C=C(Cl)[C@H]1OC2=O. The van der Waals surface area contributed by atoms with Crippen LogP contribution in [0.3, 0.4) is 0 Å². The van der Waals surface area contributed by atoms with Crippen molar-refractivity contribution in [2.24, 2.45) is 11.8 Å². The summed E-state index contributed by atoms with van der Waals surface area (Å²) in [4.78, 5) is 11.0. The van der Waals surface area contributed by atoms with E-state index >= 15 is 0 Å². The van der Waals surface area contributed by atoms with Crippen molar-refractivity contribution in [3.05, 3.63) is 11.1 Å². The molecule has 0 N–H and O–H groups in total. The van der Waals surface area contributed by atoms with Crippen LogP contribution in [0.1, 0.15) is 6.42 Å². The number of carbonyl (C=O) groups excluding carboxylic acids is 1. The molecule has 0 amide bonds. The molecule has 0 saturated carbocycles. The second-order valence-electron chi connectivity index (χ2n) is 2.99. The van der Waals surface area contributed by atoms with Gasteiger partial charge in [0.15, 0.2) is 6.10 Å². The van der Waals surface area contributed by atoms with Gasteiger partial charge in [0.1, 0.15) is 0 Å². The van der Waals surface area contributed by atoms with Crippen molar-refractivity contribution in [1.82, 2.24) is 0 Å². The maximum atomic E-state index is 11.0. The number of hydrogen-bond acceptors (Lipinski definition) is 3. The molecule has 2 bridgehead atoms. The Kier molecular flexibility index (Phi) is 1.59. The highest BCUT2D eigenvalue weighted by atomic mass is 35.5. The second kappa shape index (κ2) is 2.49. The Labute approximate surface area is 74.6 Å². The molecule has 12 heavy (non-hydrogen) atoms. The van der Waals surface area contributed by atoms with Crippen molar-refractivity contribution in [2.45, 2.75) is 12.5 Å². The number of rotatable bonds is 0. The Hall–Kier alpha value is -1.01. The van der Waals surface area contributed by atoms with Crippen LogP contribution in [-0.4, -0.2) is 12.1 Å². The van der Waals surface area contributed by atoms with Gasteiger partial charge < -0.3 is 4.74 Å². The van der Waals surface area contributed by atoms with Crippen LogP contribution in [0.4, 0.5) is 0 Å². The summed E-state index contributed by atoms with van der Waals surface area (Å²) in [5.41, 5.74) is 0. The quantitative estimate of drug-likeness (QED) is 0.530. The first-order chi connectivity index (χ1) is 5.72. The molecule has 0 aromatic rings. The van der Waals surface area contributed by atoms with Crippen LogP contribution in [0.5, 0.6) is 0 Å². The third-order valence-corrected chi connectivity index (χ3v) is 2.56. The maximum absolute atomic E-state index is 11.0. The third-order valence-electron chi connectivity index (χ3n) is 2.22. The first-order valence-electron chi connectivity index (χ1n) is 3.69. The van der Waals surface area contributed by atoms with Gasteiger partial charge in [0.2, 0.25) is 0 Å². The minimum Gasteiger partial charge on any atom is -0.455 e. The van der Waals surface area contributed by atoms with Gasteiger partial charge in [0.05, 0.1) is 22.9 Å². The van der Waals surface area contributed by atoms with E-state index in [9.17, 15) is 4.79 Å². The van der Waals surface area contributed by atoms with Crippen molar-refractivity contribution in [1.29, 1.82) is 5.26 Å². The lowest BCUT2D eigenvalue weighted by Crippen LogP contribution is -2.41. The van der Waals surface area contributed by atoms with Crippen LogP contribution >= 0.6 is 11.6 Å². The van der Waals surface area contributed by atoms with Gasteiger partial charge in [-0.2, -0.15) is 5.26 Å². The van der Waals surface area contributed by atoms with Crippen molar-refractivity contribution >= 4 is 17.6 Å². The minimum atomic E-state index is -0.505. The Morgan fingerprint density at radius 3 is 3.08 bits per heavy atom. The summed E-state index contributed by atoms with van der Waals surface area (Å²) < 4.78 is 4.94. The van der Waals surface area contributed by atoms with E-state index in [4.69, 9.17) is 21.6 Å². The number of fused-ring (bicyclic) bond motifs is 2. The smallest absolute Gasteiger partial charge is 0.313 e. The number of halogens is 1. The Morgan fingerprint density at radius 2 is 2.50 bits per heavy atom. The number of hydrogen-bond donors (Lipinski definition) is 0. The van der Waals surface area contributed by atoms with Crippen LogP contribution in [-0.2, 0) is 9.53 Å². The number of ether oxygens (including phenoxy) is 1. The van der Waals surface area contributed by atoms with E-state index < -0.39 is 6.10 Å². The molecule has 1 saturated heterocycles. The summed E-state index contributed by atoms with van der Waals surface area (Å²) in [7, 11) is 0. The molecule has 3 rings (SSSR count). The molecule has 2 aliphatic heterocycles. The highest BCUT2D eigenvalue weighted by molar-refractivity contribution is 6.30. The topological polar surface area (TPSA) is 50.1 Å². The zero-order valence-electron chi connectivity index (χ0n) is 6.16.